The molecule has 2 aromatic heterocycles. The Balaban J connectivity index is 1.74. The lowest BCUT2D eigenvalue weighted by molar-refractivity contribution is 0.109. The highest BCUT2D eigenvalue weighted by molar-refractivity contribution is 6.30. The molecule has 1 aliphatic rings. The molecule has 3 aromatic rings. The maximum absolute atomic E-state index is 9.08. The molecule has 8 heteroatoms. The highest BCUT2D eigenvalue weighted by atomic mass is 16.5. The quantitative estimate of drug-likeness (QED) is 0.699. The molecule has 1 aromatic carbocycles. The van der Waals surface area contributed by atoms with Crippen LogP contribution in [0, 0.1) is 11.3 Å². The van der Waals surface area contributed by atoms with Crippen LogP contribution in [0.25, 0.3) is 11.2 Å². The van der Waals surface area contributed by atoms with Crippen molar-refractivity contribution in [2.45, 2.75) is 31.9 Å². The maximum atomic E-state index is 9.08. The van der Waals surface area contributed by atoms with Crippen molar-refractivity contribution in [1.29, 1.82) is 5.26 Å². The lowest BCUT2D eigenvalue weighted by atomic mass is 9.96. The minimum absolute atomic E-state index is 0.182. The molecule has 1 fully saturated rings. The molecule has 0 atom stereocenters. The van der Waals surface area contributed by atoms with E-state index in [2.05, 4.69) is 21.0 Å². The van der Waals surface area contributed by atoms with E-state index in [1.807, 2.05) is 30.6 Å². The number of aromatic nitrogens is 4. The Labute approximate surface area is 145 Å². The van der Waals surface area contributed by atoms with Crippen LogP contribution < -0.4 is 16.2 Å². The lowest BCUT2D eigenvalue weighted by Crippen LogP contribution is -2.25. The van der Waals surface area contributed by atoms with Crippen molar-refractivity contribution in [1.82, 2.24) is 19.5 Å². The molecule has 0 unspecified atom stereocenters. The maximum Gasteiger partial charge on any atom is 0.320 e. The number of fused-ring (bicyclic) bond motifs is 1. The average Bonchev–Trinajstić information content (AvgIpc) is 2.88. The summed E-state index contributed by atoms with van der Waals surface area (Å²) in [6.45, 7) is 0.553. The summed E-state index contributed by atoms with van der Waals surface area (Å²) in [6, 6.07) is 9.96. The molecule has 7 nitrogen and oxygen atoms in total. The van der Waals surface area contributed by atoms with Crippen LogP contribution in [0.4, 0.5) is 5.82 Å². The monoisotopic (exact) mass is 332 g/mol. The number of hydrogen-bond donors (Lipinski definition) is 1. The molecule has 25 heavy (non-hydrogen) atoms. The predicted octanol–water partition coefficient (Wildman–Crippen LogP) is 0.518. The van der Waals surface area contributed by atoms with Crippen molar-refractivity contribution < 1.29 is 4.74 Å². The van der Waals surface area contributed by atoms with Crippen molar-refractivity contribution in [3.8, 4) is 12.1 Å². The summed E-state index contributed by atoms with van der Waals surface area (Å²) in [5.74, 6) is 0.326. The van der Waals surface area contributed by atoms with Gasteiger partial charge in [-0.3, -0.25) is 0 Å². The Morgan fingerprint density at radius 1 is 1.32 bits per heavy atom. The smallest absolute Gasteiger partial charge is 0.320 e. The van der Waals surface area contributed by atoms with Gasteiger partial charge in [0.1, 0.15) is 11.6 Å². The SMILES string of the molecule is Bc1nc2c(N)nc(OC3CCC3)nc2n1Cc1cccc(C#N)c1. The first-order chi connectivity index (χ1) is 12.1. The molecule has 4 rings (SSSR count). The predicted molar refractivity (Wildman–Crippen MR) is 96.4 cm³/mol. The van der Waals surface area contributed by atoms with Crippen LogP contribution in [0.3, 0.4) is 0 Å². The highest BCUT2D eigenvalue weighted by Crippen LogP contribution is 2.25. The van der Waals surface area contributed by atoms with Crippen LogP contribution in [0.5, 0.6) is 6.01 Å². The third kappa shape index (κ3) is 2.89. The van der Waals surface area contributed by atoms with Crippen molar-refractivity contribution in [2.75, 3.05) is 5.73 Å². The van der Waals surface area contributed by atoms with Gasteiger partial charge in [0, 0.05) is 6.54 Å². The van der Waals surface area contributed by atoms with E-state index in [4.69, 9.17) is 15.7 Å². The normalized spacial score (nSPS) is 14.2. The van der Waals surface area contributed by atoms with E-state index < -0.39 is 0 Å². The lowest BCUT2D eigenvalue weighted by Gasteiger charge is -2.25. The summed E-state index contributed by atoms with van der Waals surface area (Å²) in [6.07, 6.45) is 3.41. The van der Waals surface area contributed by atoms with Gasteiger partial charge in [-0.15, -0.1) is 0 Å². The van der Waals surface area contributed by atoms with Crippen LogP contribution in [0.1, 0.15) is 30.4 Å². The summed E-state index contributed by atoms with van der Waals surface area (Å²) in [5.41, 5.74) is 9.71. The number of ether oxygens (including phenoxy) is 1. The molecule has 2 heterocycles. The van der Waals surface area contributed by atoms with E-state index >= 15 is 0 Å². The molecule has 2 N–H and O–H groups in total. The van der Waals surface area contributed by atoms with Crippen LogP contribution in [0.15, 0.2) is 24.3 Å². The standard InChI is InChI=1S/C17H17BN6O/c18-16-21-13-14(20)22-17(25-12-5-2-6-12)23-15(13)24(16)9-11-4-1-3-10(7-11)8-19/h1,3-4,7,12H,2,5-6,9,18H2,(H2,20,22,23). The van der Waals surface area contributed by atoms with E-state index in [1.165, 1.54) is 6.42 Å². The third-order valence-corrected chi connectivity index (χ3v) is 4.51. The van der Waals surface area contributed by atoms with Crippen LogP contribution in [-0.4, -0.2) is 33.5 Å². The number of benzene rings is 1. The minimum atomic E-state index is 0.182. The topological polar surface area (TPSA) is 103 Å². The molecule has 0 spiro atoms. The zero-order valence-electron chi connectivity index (χ0n) is 13.9. The first-order valence-corrected chi connectivity index (χ1v) is 8.30. The van der Waals surface area contributed by atoms with Gasteiger partial charge in [0.2, 0.25) is 0 Å². The van der Waals surface area contributed by atoms with Gasteiger partial charge in [-0.1, -0.05) is 12.1 Å². The largest absolute Gasteiger partial charge is 0.460 e. The number of nitriles is 1. The van der Waals surface area contributed by atoms with E-state index in [1.54, 1.807) is 6.07 Å². The Morgan fingerprint density at radius 3 is 2.88 bits per heavy atom. The molecule has 0 bridgehead atoms. The molecular weight excluding hydrogens is 315 g/mol. The Kier molecular flexibility index (Phi) is 3.77. The van der Waals surface area contributed by atoms with Gasteiger partial charge < -0.3 is 15.0 Å². The number of hydrogen-bond acceptors (Lipinski definition) is 6. The molecule has 1 aliphatic carbocycles. The highest BCUT2D eigenvalue weighted by Gasteiger charge is 2.22. The van der Waals surface area contributed by atoms with Crippen molar-refractivity contribution >= 4 is 30.6 Å². The van der Waals surface area contributed by atoms with E-state index in [0.717, 1.165) is 24.1 Å². The fraction of sp³-hybridized carbons (Fsp3) is 0.294. The van der Waals surface area contributed by atoms with Gasteiger partial charge in [0.05, 0.1) is 17.4 Å². The fourth-order valence-corrected chi connectivity index (χ4v) is 2.91. The van der Waals surface area contributed by atoms with E-state index in [-0.39, 0.29) is 6.10 Å². The molecule has 0 saturated heterocycles. The summed E-state index contributed by atoms with van der Waals surface area (Å²) >= 11 is 0. The van der Waals surface area contributed by atoms with Crippen molar-refractivity contribution in [3.05, 3.63) is 35.4 Å². The van der Waals surface area contributed by atoms with Crippen LogP contribution in [0.2, 0.25) is 0 Å². The number of anilines is 1. The Bertz CT molecular complexity index is 989. The fourth-order valence-electron chi connectivity index (χ4n) is 2.91. The van der Waals surface area contributed by atoms with Gasteiger partial charge in [-0.25, -0.2) is 4.98 Å². The van der Waals surface area contributed by atoms with Gasteiger partial charge in [0.15, 0.2) is 19.3 Å². The first-order valence-electron chi connectivity index (χ1n) is 8.30. The Morgan fingerprint density at radius 2 is 2.16 bits per heavy atom. The zero-order valence-corrected chi connectivity index (χ0v) is 13.9. The molecule has 0 radical (unpaired) electrons. The van der Waals surface area contributed by atoms with Gasteiger partial charge >= 0.3 is 6.01 Å². The van der Waals surface area contributed by atoms with Crippen molar-refractivity contribution in [3.63, 3.8) is 0 Å². The second-order valence-corrected chi connectivity index (χ2v) is 6.29. The van der Waals surface area contributed by atoms with Gasteiger partial charge in [-0.2, -0.15) is 15.2 Å². The molecule has 124 valence electrons. The Hall–Kier alpha value is -3.08. The zero-order chi connectivity index (χ0) is 17.4. The summed E-state index contributed by atoms with van der Waals surface area (Å²) < 4.78 is 7.77. The third-order valence-electron chi connectivity index (χ3n) is 4.51. The summed E-state index contributed by atoms with van der Waals surface area (Å²) in [7, 11) is 1.90. The van der Waals surface area contributed by atoms with Crippen LogP contribution >= 0.6 is 0 Å². The second kappa shape index (κ2) is 6.09. The second-order valence-electron chi connectivity index (χ2n) is 6.29. The number of nitrogen functional groups attached to an aromatic ring is 1. The van der Waals surface area contributed by atoms with Gasteiger partial charge in [0.25, 0.3) is 0 Å². The number of imidazole rings is 1. The van der Waals surface area contributed by atoms with Crippen molar-refractivity contribution in [2.24, 2.45) is 0 Å². The van der Waals surface area contributed by atoms with Gasteiger partial charge in [-0.05, 0) is 37.0 Å². The number of nitrogens with two attached hydrogens (primary N) is 1. The van der Waals surface area contributed by atoms with Crippen LogP contribution in [-0.2, 0) is 6.54 Å². The molecule has 1 saturated carbocycles. The average molecular weight is 332 g/mol. The minimum Gasteiger partial charge on any atom is -0.460 e. The van der Waals surface area contributed by atoms with E-state index in [0.29, 0.717) is 35.1 Å². The summed E-state index contributed by atoms with van der Waals surface area (Å²) in [4.78, 5) is 13.3. The molecule has 0 aliphatic heterocycles. The number of rotatable bonds is 4. The molecule has 0 amide bonds. The number of nitrogens with zero attached hydrogens (tertiary/aromatic N) is 5. The molecular formula is C17H17BN6O. The first kappa shape index (κ1) is 15.5. The summed E-state index contributed by atoms with van der Waals surface area (Å²) in [5, 5.41) is 9.08. The van der Waals surface area contributed by atoms with E-state index in [9.17, 15) is 0 Å².